The van der Waals surface area contributed by atoms with Gasteiger partial charge in [-0.05, 0) is 36.6 Å². The van der Waals surface area contributed by atoms with Crippen LogP contribution in [0.15, 0.2) is 35.7 Å². The van der Waals surface area contributed by atoms with Crippen molar-refractivity contribution in [2.24, 2.45) is 0 Å². The smallest absolute Gasteiger partial charge is 0.184 e. The molecule has 0 saturated carbocycles. The van der Waals surface area contributed by atoms with Crippen LogP contribution in [0, 0.1) is 0 Å². The van der Waals surface area contributed by atoms with Gasteiger partial charge in [-0.15, -0.1) is 11.3 Å². The summed E-state index contributed by atoms with van der Waals surface area (Å²) < 4.78 is 6.65. The lowest BCUT2D eigenvalue weighted by molar-refractivity contribution is 0.341. The number of thiophene rings is 1. The van der Waals surface area contributed by atoms with E-state index >= 15 is 0 Å². The number of hydrogen-bond donors (Lipinski definition) is 1. The number of thiazole rings is 1. The molecule has 1 N–H and O–H groups in total. The highest BCUT2D eigenvalue weighted by molar-refractivity contribution is 7.22. The lowest BCUT2D eigenvalue weighted by atomic mass is 10.3. The molecule has 0 aliphatic rings. The van der Waals surface area contributed by atoms with Crippen LogP contribution in [0.3, 0.4) is 0 Å². The molecule has 1 aromatic carbocycles. The van der Waals surface area contributed by atoms with E-state index in [1.54, 1.807) is 22.7 Å². The van der Waals surface area contributed by atoms with E-state index < -0.39 is 0 Å². The molecule has 5 heteroatoms. The second-order valence-corrected chi connectivity index (χ2v) is 6.08. The first kappa shape index (κ1) is 12.4. The molecule has 19 heavy (non-hydrogen) atoms. The standard InChI is InChI=1S/C14H14N2OS2/c1-2-17-10-5-6-12-13(8-10)19-14(16-12)15-9-11-4-3-7-18-11/h3-8H,2,9H2,1H3,(H,15,16). The van der Waals surface area contributed by atoms with Crippen LogP contribution in [0.25, 0.3) is 10.2 Å². The van der Waals surface area contributed by atoms with Crippen molar-refractivity contribution in [3.8, 4) is 5.75 Å². The van der Waals surface area contributed by atoms with Crippen LogP contribution in [-0.4, -0.2) is 11.6 Å². The number of fused-ring (bicyclic) bond motifs is 1. The van der Waals surface area contributed by atoms with Gasteiger partial charge in [-0.25, -0.2) is 4.98 Å². The molecule has 0 saturated heterocycles. The number of ether oxygens (including phenoxy) is 1. The van der Waals surface area contributed by atoms with E-state index in [-0.39, 0.29) is 0 Å². The van der Waals surface area contributed by atoms with Gasteiger partial charge in [0.1, 0.15) is 5.75 Å². The van der Waals surface area contributed by atoms with Crippen LogP contribution in [0.4, 0.5) is 5.13 Å². The molecule has 3 nitrogen and oxygen atoms in total. The highest BCUT2D eigenvalue weighted by Crippen LogP contribution is 2.29. The maximum atomic E-state index is 5.50. The lowest BCUT2D eigenvalue weighted by Crippen LogP contribution is -1.95. The molecule has 2 heterocycles. The Labute approximate surface area is 119 Å². The predicted octanol–water partition coefficient (Wildman–Crippen LogP) is 4.37. The predicted molar refractivity (Wildman–Crippen MR) is 82.4 cm³/mol. The van der Waals surface area contributed by atoms with E-state index in [4.69, 9.17) is 4.74 Å². The average molecular weight is 290 g/mol. The number of rotatable bonds is 5. The number of anilines is 1. The molecule has 3 aromatic rings. The first-order chi connectivity index (χ1) is 9.35. The second kappa shape index (κ2) is 5.59. The maximum absolute atomic E-state index is 5.50. The summed E-state index contributed by atoms with van der Waals surface area (Å²) >= 11 is 3.41. The van der Waals surface area contributed by atoms with Crippen molar-refractivity contribution in [1.29, 1.82) is 0 Å². The topological polar surface area (TPSA) is 34.1 Å². The Morgan fingerprint density at radius 3 is 3.05 bits per heavy atom. The Morgan fingerprint density at radius 1 is 1.32 bits per heavy atom. The van der Waals surface area contributed by atoms with E-state index in [9.17, 15) is 0 Å². The molecule has 0 amide bonds. The van der Waals surface area contributed by atoms with E-state index in [2.05, 4.69) is 27.8 Å². The molecule has 0 unspecified atom stereocenters. The molecule has 0 atom stereocenters. The molecule has 0 spiro atoms. The van der Waals surface area contributed by atoms with Gasteiger partial charge < -0.3 is 10.1 Å². The van der Waals surface area contributed by atoms with Crippen LogP contribution in [0.2, 0.25) is 0 Å². The minimum Gasteiger partial charge on any atom is -0.494 e. The van der Waals surface area contributed by atoms with Gasteiger partial charge in [-0.2, -0.15) is 0 Å². The van der Waals surface area contributed by atoms with Crippen molar-refractivity contribution in [2.75, 3.05) is 11.9 Å². The van der Waals surface area contributed by atoms with Crippen molar-refractivity contribution >= 4 is 38.0 Å². The van der Waals surface area contributed by atoms with Crippen molar-refractivity contribution in [3.05, 3.63) is 40.6 Å². The Balaban J connectivity index is 1.77. The quantitative estimate of drug-likeness (QED) is 0.757. The number of hydrogen-bond acceptors (Lipinski definition) is 5. The fraction of sp³-hybridized carbons (Fsp3) is 0.214. The molecular formula is C14H14N2OS2. The summed E-state index contributed by atoms with van der Waals surface area (Å²) in [5, 5.41) is 6.41. The van der Waals surface area contributed by atoms with Gasteiger partial charge in [-0.3, -0.25) is 0 Å². The zero-order valence-electron chi connectivity index (χ0n) is 10.6. The second-order valence-electron chi connectivity index (χ2n) is 4.01. The van der Waals surface area contributed by atoms with Gasteiger partial charge in [0.05, 0.1) is 23.4 Å². The highest BCUT2D eigenvalue weighted by Gasteiger charge is 2.05. The number of nitrogens with one attached hydrogen (secondary N) is 1. The Bertz CT molecular complexity index is 661. The third-order valence-corrected chi connectivity index (χ3v) is 4.52. The first-order valence-corrected chi connectivity index (χ1v) is 7.84. The normalized spacial score (nSPS) is 10.8. The van der Waals surface area contributed by atoms with Crippen LogP contribution in [0.1, 0.15) is 11.8 Å². The van der Waals surface area contributed by atoms with Crippen molar-refractivity contribution in [1.82, 2.24) is 4.98 Å². The fourth-order valence-corrected chi connectivity index (χ4v) is 3.35. The fourth-order valence-electron chi connectivity index (χ4n) is 1.81. The molecule has 0 radical (unpaired) electrons. The molecule has 98 valence electrons. The van der Waals surface area contributed by atoms with E-state index in [0.717, 1.165) is 27.6 Å². The van der Waals surface area contributed by atoms with Crippen LogP contribution < -0.4 is 10.1 Å². The summed E-state index contributed by atoms with van der Waals surface area (Å²) in [5.41, 5.74) is 1.02. The van der Waals surface area contributed by atoms with Gasteiger partial charge in [0.2, 0.25) is 0 Å². The maximum Gasteiger partial charge on any atom is 0.184 e. The van der Waals surface area contributed by atoms with E-state index in [1.807, 2.05) is 25.1 Å². The largest absolute Gasteiger partial charge is 0.494 e. The highest BCUT2D eigenvalue weighted by atomic mass is 32.1. The monoisotopic (exact) mass is 290 g/mol. The lowest BCUT2D eigenvalue weighted by Gasteiger charge is -2.00. The summed E-state index contributed by atoms with van der Waals surface area (Å²) in [7, 11) is 0. The van der Waals surface area contributed by atoms with Crippen molar-refractivity contribution in [3.63, 3.8) is 0 Å². The average Bonchev–Trinajstić information content (AvgIpc) is 3.05. The third kappa shape index (κ3) is 2.88. The molecular weight excluding hydrogens is 276 g/mol. The van der Waals surface area contributed by atoms with E-state index in [0.29, 0.717) is 6.61 Å². The number of nitrogens with zero attached hydrogens (tertiary/aromatic N) is 1. The van der Waals surface area contributed by atoms with Gasteiger partial charge in [0.25, 0.3) is 0 Å². The van der Waals surface area contributed by atoms with Gasteiger partial charge >= 0.3 is 0 Å². The first-order valence-electron chi connectivity index (χ1n) is 6.15. The van der Waals surface area contributed by atoms with Gasteiger partial charge in [0, 0.05) is 4.88 Å². The Morgan fingerprint density at radius 2 is 2.26 bits per heavy atom. The van der Waals surface area contributed by atoms with Crippen molar-refractivity contribution in [2.45, 2.75) is 13.5 Å². The summed E-state index contributed by atoms with van der Waals surface area (Å²) in [6, 6.07) is 10.2. The third-order valence-electron chi connectivity index (χ3n) is 2.66. The van der Waals surface area contributed by atoms with Crippen LogP contribution in [0.5, 0.6) is 5.75 Å². The number of aromatic nitrogens is 1. The minimum atomic E-state index is 0.688. The zero-order valence-corrected chi connectivity index (χ0v) is 12.2. The molecule has 0 fully saturated rings. The minimum absolute atomic E-state index is 0.688. The summed E-state index contributed by atoms with van der Waals surface area (Å²) in [6.45, 7) is 3.51. The Kier molecular flexibility index (Phi) is 3.66. The van der Waals surface area contributed by atoms with Crippen LogP contribution >= 0.6 is 22.7 Å². The van der Waals surface area contributed by atoms with Crippen molar-refractivity contribution < 1.29 is 4.74 Å². The zero-order chi connectivity index (χ0) is 13.1. The molecule has 2 aromatic heterocycles. The van der Waals surface area contributed by atoms with Gasteiger partial charge in [0.15, 0.2) is 5.13 Å². The molecule has 0 bridgehead atoms. The molecule has 0 aliphatic heterocycles. The summed E-state index contributed by atoms with van der Waals surface area (Å²) in [4.78, 5) is 5.88. The SMILES string of the molecule is CCOc1ccc2nc(NCc3cccs3)sc2c1. The van der Waals surface area contributed by atoms with Crippen LogP contribution in [-0.2, 0) is 6.54 Å². The summed E-state index contributed by atoms with van der Waals surface area (Å²) in [6.07, 6.45) is 0. The summed E-state index contributed by atoms with van der Waals surface area (Å²) in [5.74, 6) is 0.906. The van der Waals surface area contributed by atoms with Gasteiger partial charge in [-0.1, -0.05) is 17.4 Å². The van der Waals surface area contributed by atoms with E-state index in [1.165, 1.54) is 4.88 Å². The number of benzene rings is 1. The molecule has 0 aliphatic carbocycles. The Hall–Kier alpha value is -1.59. The molecule has 3 rings (SSSR count).